The molecule has 0 N–H and O–H groups in total. The van der Waals surface area contributed by atoms with Crippen molar-refractivity contribution in [1.82, 2.24) is 35.2 Å². The van der Waals surface area contributed by atoms with Gasteiger partial charge >= 0.3 is 0 Å². The third-order valence-electron chi connectivity index (χ3n) is 3.91. The van der Waals surface area contributed by atoms with Crippen LogP contribution in [0.2, 0.25) is 0 Å². The van der Waals surface area contributed by atoms with Crippen LogP contribution in [0.4, 0.5) is 4.39 Å². The average Bonchev–Trinajstić information content (AvgIpc) is 3.33. The number of hydrogen-bond acceptors (Lipinski definition) is 6. The van der Waals surface area contributed by atoms with Crippen molar-refractivity contribution in [3.8, 4) is 16.9 Å². The number of tetrazole rings is 1. The number of hydrogen-bond donors (Lipinski definition) is 0. The van der Waals surface area contributed by atoms with Gasteiger partial charge in [-0.05, 0) is 29.0 Å². The van der Waals surface area contributed by atoms with Crippen molar-refractivity contribution in [3.63, 3.8) is 0 Å². The zero-order valence-corrected chi connectivity index (χ0v) is 15.1. The molecule has 0 aliphatic carbocycles. The topological polar surface area (TPSA) is 74.3 Å². The Bertz CT molecular complexity index is 1000. The van der Waals surface area contributed by atoms with Crippen molar-refractivity contribution in [3.05, 3.63) is 66.6 Å². The second-order valence-electron chi connectivity index (χ2n) is 5.73. The first-order valence-corrected chi connectivity index (χ1v) is 9.42. The summed E-state index contributed by atoms with van der Waals surface area (Å²) in [7, 11) is 0. The van der Waals surface area contributed by atoms with E-state index in [0.29, 0.717) is 18.1 Å². The van der Waals surface area contributed by atoms with E-state index in [2.05, 4.69) is 25.8 Å². The number of para-hydroxylation sites is 1. The molecule has 0 amide bonds. The molecule has 136 valence electrons. The van der Waals surface area contributed by atoms with Gasteiger partial charge < -0.3 is 0 Å². The molecule has 0 aliphatic rings. The maximum absolute atomic E-state index is 14.5. The lowest BCUT2D eigenvalue weighted by Gasteiger charge is -2.04. The second kappa shape index (κ2) is 8.09. The Morgan fingerprint density at radius 1 is 0.889 bits per heavy atom. The van der Waals surface area contributed by atoms with Gasteiger partial charge in [-0.25, -0.2) is 4.68 Å². The summed E-state index contributed by atoms with van der Waals surface area (Å²) < 4.78 is 17.5. The molecule has 0 unspecified atom stereocenters. The van der Waals surface area contributed by atoms with Crippen LogP contribution in [-0.2, 0) is 6.54 Å². The highest BCUT2D eigenvalue weighted by Gasteiger charge is 2.14. The smallest absolute Gasteiger partial charge is 0.219 e. The van der Waals surface area contributed by atoms with E-state index in [0.717, 1.165) is 17.0 Å². The maximum atomic E-state index is 14.5. The molecule has 0 atom stereocenters. The van der Waals surface area contributed by atoms with Crippen LogP contribution in [0.3, 0.4) is 0 Å². The van der Waals surface area contributed by atoms with Crippen molar-refractivity contribution < 1.29 is 4.39 Å². The fraction of sp³-hybridized carbons (Fsp3) is 0.167. The molecule has 0 bridgehead atoms. The molecule has 7 nitrogen and oxygen atoms in total. The van der Waals surface area contributed by atoms with Gasteiger partial charge in [0, 0.05) is 17.9 Å². The van der Waals surface area contributed by atoms with Gasteiger partial charge in [-0.2, -0.15) is 9.07 Å². The minimum Gasteiger partial charge on any atom is -0.219 e. The highest BCUT2D eigenvalue weighted by molar-refractivity contribution is 7.99. The molecule has 9 heteroatoms. The predicted octanol–water partition coefficient (Wildman–Crippen LogP) is 3.24. The standard InChI is InChI=1S/C18H16FN7S/c19-17-16(14-8-3-1-4-9-14)20-23-25(17)12-7-13-27-18-21-22-24-26(18)15-10-5-2-6-11-15/h1-6,8-11H,7,12-13H2. The first-order valence-electron chi connectivity index (χ1n) is 8.44. The number of halogens is 1. The Morgan fingerprint density at radius 2 is 1.63 bits per heavy atom. The fourth-order valence-electron chi connectivity index (χ4n) is 2.60. The molecule has 0 saturated carbocycles. The fourth-order valence-corrected chi connectivity index (χ4v) is 3.41. The minimum atomic E-state index is -0.416. The van der Waals surface area contributed by atoms with Gasteiger partial charge in [0.1, 0.15) is 5.69 Å². The molecule has 2 aromatic heterocycles. The monoisotopic (exact) mass is 381 g/mol. The van der Waals surface area contributed by atoms with Crippen LogP contribution in [0.25, 0.3) is 16.9 Å². The molecule has 2 aromatic carbocycles. The first kappa shape index (κ1) is 17.3. The van der Waals surface area contributed by atoms with Crippen LogP contribution < -0.4 is 0 Å². The third-order valence-corrected chi connectivity index (χ3v) is 4.91. The van der Waals surface area contributed by atoms with E-state index in [-0.39, 0.29) is 5.69 Å². The van der Waals surface area contributed by atoms with Gasteiger partial charge in [-0.1, -0.05) is 65.5 Å². The van der Waals surface area contributed by atoms with Crippen LogP contribution in [0.1, 0.15) is 6.42 Å². The average molecular weight is 381 g/mol. The van der Waals surface area contributed by atoms with E-state index in [9.17, 15) is 4.39 Å². The van der Waals surface area contributed by atoms with Crippen LogP contribution >= 0.6 is 11.8 Å². The van der Waals surface area contributed by atoms with Crippen molar-refractivity contribution in [2.45, 2.75) is 18.1 Å². The predicted molar refractivity (Wildman–Crippen MR) is 99.9 cm³/mol. The maximum Gasteiger partial charge on any atom is 0.239 e. The number of aromatic nitrogens is 7. The highest BCUT2D eigenvalue weighted by Crippen LogP contribution is 2.21. The SMILES string of the molecule is Fc1c(-c2ccccc2)nnn1CCCSc1nnnn1-c1ccccc1. The van der Waals surface area contributed by atoms with Crippen LogP contribution in [0, 0.1) is 5.95 Å². The van der Waals surface area contributed by atoms with Crippen molar-refractivity contribution in [1.29, 1.82) is 0 Å². The van der Waals surface area contributed by atoms with Gasteiger partial charge in [0.25, 0.3) is 0 Å². The van der Waals surface area contributed by atoms with Crippen LogP contribution in [-0.4, -0.2) is 41.0 Å². The van der Waals surface area contributed by atoms with E-state index in [1.807, 2.05) is 60.7 Å². The summed E-state index contributed by atoms with van der Waals surface area (Å²) in [6.45, 7) is 0.436. The quantitative estimate of drug-likeness (QED) is 0.361. The molecule has 2 heterocycles. The molecule has 0 saturated heterocycles. The molecule has 0 aliphatic heterocycles. The van der Waals surface area contributed by atoms with Crippen LogP contribution in [0.5, 0.6) is 0 Å². The normalized spacial score (nSPS) is 11.0. The zero-order chi connectivity index (χ0) is 18.5. The molecular weight excluding hydrogens is 365 g/mol. The Balaban J connectivity index is 1.36. The van der Waals surface area contributed by atoms with Crippen molar-refractivity contribution >= 4 is 11.8 Å². The summed E-state index contributed by atoms with van der Waals surface area (Å²) in [6, 6.07) is 18.9. The lowest BCUT2D eigenvalue weighted by atomic mass is 10.2. The molecule has 0 radical (unpaired) electrons. The molecule has 4 aromatic rings. The first-order chi connectivity index (χ1) is 13.3. The second-order valence-corrected chi connectivity index (χ2v) is 6.79. The molecular formula is C18H16FN7S. The Kier molecular flexibility index (Phi) is 5.20. The highest BCUT2D eigenvalue weighted by atomic mass is 32.2. The van der Waals surface area contributed by atoms with Crippen LogP contribution in [0.15, 0.2) is 65.8 Å². The van der Waals surface area contributed by atoms with E-state index >= 15 is 0 Å². The Hall–Kier alpha value is -3.07. The van der Waals surface area contributed by atoms with Crippen molar-refractivity contribution in [2.75, 3.05) is 5.75 Å². The van der Waals surface area contributed by atoms with E-state index < -0.39 is 5.95 Å². The lowest BCUT2D eigenvalue weighted by Crippen LogP contribution is -2.05. The number of benzene rings is 2. The third kappa shape index (κ3) is 3.87. The summed E-state index contributed by atoms with van der Waals surface area (Å²) >= 11 is 1.52. The molecule has 4 rings (SSSR count). The summed E-state index contributed by atoms with van der Waals surface area (Å²) in [5.41, 5.74) is 1.90. The largest absolute Gasteiger partial charge is 0.239 e. The summed E-state index contributed by atoms with van der Waals surface area (Å²) in [4.78, 5) is 0. The van der Waals surface area contributed by atoms with Gasteiger partial charge in [0.2, 0.25) is 11.1 Å². The van der Waals surface area contributed by atoms with Gasteiger partial charge in [-0.15, -0.1) is 10.2 Å². The van der Waals surface area contributed by atoms with Crippen molar-refractivity contribution in [2.24, 2.45) is 0 Å². The molecule has 0 spiro atoms. The van der Waals surface area contributed by atoms with E-state index in [4.69, 9.17) is 0 Å². The summed E-state index contributed by atoms with van der Waals surface area (Å²) in [6.07, 6.45) is 0.709. The number of rotatable bonds is 7. The zero-order valence-electron chi connectivity index (χ0n) is 14.3. The van der Waals surface area contributed by atoms with Gasteiger partial charge in [0.05, 0.1) is 5.69 Å². The Morgan fingerprint density at radius 3 is 2.41 bits per heavy atom. The van der Waals surface area contributed by atoms with Gasteiger partial charge in [0.15, 0.2) is 0 Å². The number of thioether (sulfide) groups is 1. The minimum absolute atomic E-state index is 0.274. The lowest BCUT2D eigenvalue weighted by molar-refractivity contribution is 0.450. The molecule has 27 heavy (non-hydrogen) atoms. The summed E-state index contributed by atoms with van der Waals surface area (Å²) in [5, 5.41) is 20.4. The van der Waals surface area contributed by atoms with E-state index in [1.54, 1.807) is 4.68 Å². The van der Waals surface area contributed by atoms with Gasteiger partial charge in [-0.3, -0.25) is 0 Å². The van der Waals surface area contributed by atoms with E-state index in [1.165, 1.54) is 16.4 Å². The molecule has 0 fully saturated rings. The number of aryl methyl sites for hydroxylation is 1. The number of nitrogens with zero attached hydrogens (tertiary/aromatic N) is 7. The Labute approximate surface area is 159 Å². The summed E-state index contributed by atoms with van der Waals surface area (Å²) in [5.74, 6) is 0.313.